The van der Waals surface area contributed by atoms with E-state index < -0.39 is 16.1 Å². The van der Waals surface area contributed by atoms with Gasteiger partial charge in [0.05, 0.1) is 18.8 Å². The standard InChI is InChI=1S/C26H36N4O4S/c1-20-16-30(21(2)19-31)35(32,33)26-12-11-22(9-8-14-28(3)4)15-24(26)34-25(20)18-29(5)17-23-10-6-7-13-27-23/h6-7,10-13,15,20-21,25,31H,14,16-19H2,1-5H3/t20-,21+,25-/m1/s1. The Hall–Kier alpha value is -2.48. The third kappa shape index (κ3) is 7.03. The first-order chi connectivity index (χ1) is 16.6. The van der Waals surface area contributed by atoms with Gasteiger partial charge >= 0.3 is 0 Å². The smallest absolute Gasteiger partial charge is 0.247 e. The van der Waals surface area contributed by atoms with Gasteiger partial charge in [-0.05, 0) is 58.4 Å². The van der Waals surface area contributed by atoms with Gasteiger partial charge in [0, 0.05) is 43.4 Å². The van der Waals surface area contributed by atoms with E-state index in [-0.39, 0.29) is 30.1 Å². The highest BCUT2D eigenvalue weighted by atomic mass is 32.2. The second-order valence-electron chi connectivity index (χ2n) is 9.46. The first-order valence-corrected chi connectivity index (χ1v) is 13.2. The first-order valence-electron chi connectivity index (χ1n) is 11.8. The average molecular weight is 501 g/mol. The van der Waals surface area contributed by atoms with E-state index >= 15 is 0 Å². The third-order valence-corrected chi connectivity index (χ3v) is 7.96. The summed E-state index contributed by atoms with van der Waals surface area (Å²) in [5.74, 6) is 6.35. The highest BCUT2D eigenvalue weighted by Gasteiger charge is 2.38. The maximum absolute atomic E-state index is 13.6. The van der Waals surface area contributed by atoms with Crippen molar-refractivity contribution in [1.29, 1.82) is 0 Å². The molecule has 0 spiro atoms. The van der Waals surface area contributed by atoms with E-state index in [9.17, 15) is 13.5 Å². The number of likely N-dealkylation sites (N-methyl/N-ethyl adjacent to an activating group) is 1. The number of rotatable bonds is 7. The number of fused-ring (bicyclic) bond motifs is 1. The second kappa shape index (κ2) is 12.0. The molecule has 3 rings (SSSR count). The Bertz CT molecular complexity index is 1140. The van der Waals surface area contributed by atoms with Gasteiger partial charge in [-0.25, -0.2) is 8.42 Å². The van der Waals surface area contributed by atoms with E-state index in [1.165, 1.54) is 4.31 Å². The molecule has 0 saturated carbocycles. The SMILES string of the molecule is C[C@@H]1CN([C@@H](C)CO)S(=O)(=O)c2ccc(C#CCN(C)C)cc2O[C@@H]1CN(C)Cc1ccccn1. The summed E-state index contributed by atoms with van der Waals surface area (Å²) in [6.07, 6.45) is 1.49. The van der Waals surface area contributed by atoms with Crippen LogP contribution >= 0.6 is 0 Å². The molecule has 1 aromatic carbocycles. The third-order valence-electron chi connectivity index (χ3n) is 5.94. The minimum Gasteiger partial charge on any atom is -0.487 e. The molecule has 1 aromatic heterocycles. The van der Waals surface area contributed by atoms with Gasteiger partial charge in [0.2, 0.25) is 10.0 Å². The highest BCUT2D eigenvalue weighted by molar-refractivity contribution is 7.89. The van der Waals surface area contributed by atoms with E-state index in [0.717, 1.165) is 5.69 Å². The van der Waals surface area contributed by atoms with Crippen molar-refractivity contribution in [2.75, 3.05) is 47.4 Å². The number of hydrogen-bond acceptors (Lipinski definition) is 7. The molecule has 0 aliphatic carbocycles. The Kier molecular flexibility index (Phi) is 9.27. The van der Waals surface area contributed by atoms with Gasteiger partial charge in [-0.15, -0.1) is 0 Å². The van der Waals surface area contributed by atoms with Gasteiger partial charge in [-0.3, -0.25) is 14.8 Å². The molecule has 0 radical (unpaired) electrons. The van der Waals surface area contributed by atoms with Crippen molar-refractivity contribution in [1.82, 2.24) is 19.1 Å². The fraction of sp³-hybridized carbons (Fsp3) is 0.500. The molecule has 2 aromatic rings. The summed E-state index contributed by atoms with van der Waals surface area (Å²) in [4.78, 5) is 8.59. The number of aromatic nitrogens is 1. The first kappa shape index (κ1) is 27.1. The van der Waals surface area contributed by atoms with Crippen LogP contribution in [0.2, 0.25) is 0 Å². The molecule has 2 heterocycles. The normalized spacial score (nSPS) is 20.8. The summed E-state index contributed by atoms with van der Waals surface area (Å²) in [6, 6.07) is 10.2. The van der Waals surface area contributed by atoms with Crippen LogP contribution in [0.3, 0.4) is 0 Å². The van der Waals surface area contributed by atoms with Crippen molar-refractivity contribution in [2.24, 2.45) is 5.92 Å². The van der Waals surface area contributed by atoms with E-state index in [4.69, 9.17) is 4.74 Å². The predicted molar refractivity (Wildman–Crippen MR) is 136 cm³/mol. The number of ether oxygens (including phenoxy) is 1. The summed E-state index contributed by atoms with van der Waals surface area (Å²) in [5.41, 5.74) is 1.64. The van der Waals surface area contributed by atoms with Crippen LogP contribution in [0, 0.1) is 17.8 Å². The molecule has 3 atom stereocenters. The predicted octanol–water partition coefficient (Wildman–Crippen LogP) is 1.90. The summed E-state index contributed by atoms with van der Waals surface area (Å²) < 4.78 is 35.0. The number of hydrogen-bond donors (Lipinski definition) is 1. The summed E-state index contributed by atoms with van der Waals surface area (Å²) >= 11 is 0. The van der Waals surface area contributed by atoms with Gasteiger partial charge in [0.25, 0.3) is 0 Å². The Morgan fingerprint density at radius 1 is 1.26 bits per heavy atom. The van der Waals surface area contributed by atoms with Gasteiger partial charge < -0.3 is 9.84 Å². The van der Waals surface area contributed by atoms with Crippen LogP contribution in [0.25, 0.3) is 0 Å². The molecule has 9 heteroatoms. The van der Waals surface area contributed by atoms with Gasteiger partial charge in [0.1, 0.15) is 16.7 Å². The van der Waals surface area contributed by atoms with E-state index in [1.807, 2.05) is 51.2 Å². The zero-order valence-electron chi connectivity index (χ0n) is 21.2. The Labute approximate surface area is 209 Å². The zero-order valence-corrected chi connectivity index (χ0v) is 22.0. The number of aliphatic hydroxyl groups excluding tert-OH is 1. The minimum atomic E-state index is -3.87. The number of nitrogens with zero attached hydrogens (tertiary/aromatic N) is 4. The number of benzene rings is 1. The molecule has 0 saturated heterocycles. The molecular weight excluding hydrogens is 464 g/mol. The lowest BCUT2D eigenvalue weighted by molar-refractivity contribution is 0.0730. The summed E-state index contributed by atoms with van der Waals surface area (Å²) in [5, 5.41) is 9.80. The van der Waals surface area contributed by atoms with E-state index in [1.54, 1.807) is 31.3 Å². The van der Waals surface area contributed by atoms with Crippen LogP contribution in [-0.4, -0.2) is 92.1 Å². The molecule has 0 unspecified atom stereocenters. The summed E-state index contributed by atoms with van der Waals surface area (Å²) in [6.45, 7) is 5.50. The van der Waals surface area contributed by atoms with Crippen LogP contribution in [0.1, 0.15) is 25.1 Å². The number of aliphatic hydroxyl groups is 1. The second-order valence-corrected chi connectivity index (χ2v) is 11.3. The zero-order chi connectivity index (χ0) is 25.6. The van der Waals surface area contributed by atoms with Crippen LogP contribution in [0.15, 0.2) is 47.5 Å². The quantitative estimate of drug-likeness (QED) is 0.581. The van der Waals surface area contributed by atoms with Crippen molar-refractivity contribution in [3.05, 3.63) is 53.9 Å². The van der Waals surface area contributed by atoms with Crippen molar-refractivity contribution in [3.8, 4) is 17.6 Å². The Balaban J connectivity index is 1.97. The molecule has 1 N–H and O–H groups in total. The molecular formula is C26H36N4O4S. The molecule has 0 amide bonds. The molecule has 1 aliphatic rings. The van der Waals surface area contributed by atoms with Crippen LogP contribution in [0.5, 0.6) is 5.75 Å². The fourth-order valence-corrected chi connectivity index (χ4v) is 5.79. The summed E-state index contributed by atoms with van der Waals surface area (Å²) in [7, 11) is 2.01. The molecule has 35 heavy (non-hydrogen) atoms. The van der Waals surface area contributed by atoms with Crippen LogP contribution < -0.4 is 4.74 Å². The molecule has 0 bridgehead atoms. The highest BCUT2D eigenvalue weighted by Crippen LogP contribution is 2.34. The van der Waals surface area contributed by atoms with Gasteiger partial charge in [-0.1, -0.05) is 24.8 Å². The van der Waals surface area contributed by atoms with Crippen LogP contribution in [-0.2, 0) is 16.6 Å². The lowest BCUT2D eigenvalue weighted by atomic mass is 10.0. The van der Waals surface area contributed by atoms with Crippen molar-refractivity contribution < 1.29 is 18.3 Å². The molecule has 8 nitrogen and oxygen atoms in total. The Morgan fingerprint density at radius 3 is 2.69 bits per heavy atom. The number of pyridine rings is 1. The van der Waals surface area contributed by atoms with Gasteiger partial charge in [-0.2, -0.15) is 4.31 Å². The van der Waals surface area contributed by atoms with Crippen LogP contribution in [0.4, 0.5) is 0 Å². The lowest BCUT2D eigenvalue weighted by Gasteiger charge is -2.37. The van der Waals surface area contributed by atoms with Gasteiger partial charge in [0.15, 0.2) is 0 Å². The number of sulfonamides is 1. The fourth-order valence-electron chi connectivity index (χ4n) is 3.96. The van der Waals surface area contributed by atoms with Crippen molar-refractivity contribution in [2.45, 2.75) is 37.4 Å². The molecule has 0 fully saturated rings. The van der Waals surface area contributed by atoms with Crippen molar-refractivity contribution >= 4 is 10.0 Å². The minimum absolute atomic E-state index is 0.0974. The lowest BCUT2D eigenvalue weighted by Crippen LogP contribution is -2.49. The monoisotopic (exact) mass is 500 g/mol. The van der Waals surface area contributed by atoms with E-state index in [2.05, 4.69) is 21.7 Å². The maximum atomic E-state index is 13.6. The maximum Gasteiger partial charge on any atom is 0.247 e. The molecule has 1 aliphatic heterocycles. The molecule has 190 valence electrons. The van der Waals surface area contributed by atoms with Crippen molar-refractivity contribution in [3.63, 3.8) is 0 Å². The average Bonchev–Trinajstić information content (AvgIpc) is 2.81. The topological polar surface area (TPSA) is 86.2 Å². The Morgan fingerprint density at radius 2 is 2.03 bits per heavy atom. The largest absolute Gasteiger partial charge is 0.487 e. The van der Waals surface area contributed by atoms with E-state index in [0.29, 0.717) is 30.9 Å².